The number of nitrogen functional groups attached to an aromatic ring is 2. The van der Waals surface area contributed by atoms with Crippen LogP contribution in [-0.2, 0) is 40.0 Å². The zero-order valence-corrected chi connectivity index (χ0v) is 28.0. The fourth-order valence-electron chi connectivity index (χ4n) is 5.83. The van der Waals surface area contributed by atoms with E-state index in [1.165, 1.54) is 47.5 Å². The molecule has 0 radical (unpaired) electrons. The molecule has 20 heteroatoms. The fraction of sp³-hybridized carbons (Fsp3) is 0.364. The van der Waals surface area contributed by atoms with Gasteiger partial charge in [-0.2, -0.15) is 9.97 Å². The number of carboxylic acids is 2. The molecule has 1 atom stereocenters. The Hall–Kier alpha value is -6.73. The lowest BCUT2D eigenvalue weighted by molar-refractivity contribution is -0.158. The quantitative estimate of drug-likeness (QED) is 0.0877. The third-order valence-electron chi connectivity index (χ3n) is 8.64. The number of ether oxygens (including phenoxy) is 2. The number of hydrogen-bond donors (Lipinski definition) is 5. The molecule has 53 heavy (non-hydrogen) atoms. The van der Waals surface area contributed by atoms with Gasteiger partial charge in [0.2, 0.25) is 12.7 Å². The molecule has 20 nitrogen and oxygen atoms in total. The van der Waals surface area contributed by atoms with Gasteiger partial charge in [-0.3, -0.25) is 33.8 Å². The highest BCUT2D eigenvalue weighted by Gasteiger charge is 2.32. The minimum Gasteiger partial charge on any atom is -0.481 e. The SMILES string of the molecule is Nc1nc(N)c2nc(CN(C(=O)OCOC(=O)C3CCC(CN4C(=O)C=CC4=O)CC3)c3ccc(C(=O)N[C@@H](CCC(=O)O)C(=O)O)cc3)cnc2n1. The number of aliphatic carboxylic acids is 2. The number of imide groups is 1. The van der Waals surface area contributed by atoms with Crippen LogP contribution < -0.4 is 21.7 Å². The maximum atomic E-state index is 13.4. The number of fused-ring (bicyclic) bond motifs is 1. The van der Waals surface area contributed by atoms with E-state index in [0.29, 0.717) is 25.7 Å². The summed E-state index contributed by atoms with van der Waals surface area (Å²) in [7, 11) is 0. The Labute approximate surface area is 300 Å². The van der Waals surface area contributed by atoms with Gasteiger partial charge in [0, 0.05) is 36.4 Å². The topological polar surface area (TPSA) is 301 Å². The predicted molar refractivity (Wildman–Crippen MR) is 181 cm³/mol. The van der Waals surface area contributed by atoms with Crippen LogP contribution in [0.3, 0.4) is 0 Å². The molecule has 3 aromatic rings. The molecule has 2 aliphatic rings. The van der Waals surface area contributed by atoms with Crippen LogP contribution in [0.2, 0.25) is 0 Å². The first-order chi connectivity index (χ1) is 25.3. The summed E-state index contributed by atoms with van der Waals surface area (Å²) in [6.07, 6.45) is 4.08. The molecule has 2 aromatic heterocycles. The summed E-state index contributed by atoms with van der Waals surface area (Å²) in [4.78, 5) is 104. The third-order valence-corrected chi connectivity index (χ3v) is 8.64. The van der Waals surface area contributed by atoms with E-state index >= 15 is 0 Å². The number of nitrogens with one attached hydrogen (secondary N) is 1. The Morgan fingerprint density at radius 2 is 1.62 bits per heavy atom. The van der Waals surface area contributed by atoms with Gasteiger partial charge in [-0.25, -0.2) is 19.6 Å². The molecule has 7 N–H and O–H groups in total. The maximum Gasteiger partial charge on any atom is 0.417 e. The van der Waals surface area contributed by atoms with Crippen molar-refractivity contribution < 1.29 is 53.2 Å². The summed E-state index contributed by atoms with van der Waals surface area (Å²) in [5.41, 5.74) is 12.2. The van der Waals surface area contributed by atoms with Crippen LogP contribution in [0, 0.1) is 11.8 Å². The number of benzene rings is 1. The largest absolute Gasteiger partial charge is 0.481 e. The third kappa shape index (κ3) is 9.54. The van der Waals surface area contributed by atoms with E-state index < -0.39 is 55.1 Å². The zero-order valence-electron chi connectivity index (χ0n) is 28.0. The van der Waals surface area contributed by atoms with Crippen molar-refractivity contribution >= 4 is 70.3 Å². The number of nitrogens with zero attached hydrogens (tertiary/aromatic N) is 6. The smallest absolute Gasteiger partial charge is 0.417 e. The van der Waals surface area contributed by atoms with Crippen LogP contribution in [0.15, 0.2) is 42.6 Å². The van der Waals surface area contributed by atoms with E-state index in [4.69, 9.17) is 26.0 Å². The van der Waals surface area contributed by atoms with Crippen molar-refractivity contribution in [3.8, 4) is 0 Å². The summed E-state index contributed by atoms with van der Waals surface area (Å²) in [5.74, 6) is -5.31. The van der Waals surface area contributed by atoms with Gasteiger partial charge in [0.05, 0.1) is 24.4 Å². The first-order valence-electron chi connectivity index (χ1n) is 16.3. The van der Waals surface area contributed by atoms with Crippen LogP contribution in [0.1, 0.15) is 54.6 Å². The lowest BCUT2D eigenvalue weighted by Gasteiger charge is -2.29. The molecule has 278 valence electrons. The van der Waals surface area contributed by atoms with Gasteiger partial charge >= 0.3 is 24.0 Å². The lowest BCUT2D eigenvalue weighted by Crippen LogP contribution is -2.41. The van der Waals surface area contributed by atoms with Crippen molar-refractivity contribution in [3.05, 3.63) is 53.9 Å². The fourth-order valence-corrected chi connectivity index (χ4v) is 5.83. The number of nitrogens with two attached hydrogens (primary N) is 2. The predicted octanol–water partition coefficient (Wildman–Crippen LogP) is 1.01. The summed E-state index contributed by atoms with van der Waals surface area (Å²) in [5, 5.41) is 20.6. The highest BCUT2D eigenvalue weighted by molar-refractivity contribution is 6.12. The number of anilines is 3. The maximum absolute atomic E-state index is 13.4. The number of aromatic nitrogens is 4. The first-order valence-corrected chi connectivity index (χ1v) is 16.3. The van der Waals surface area contributed by atoms with Crippen molar-refractivity contribution in [2.45, 2.75) is 51.1 Å². The Morgan fingerprint density at radius 3 is 2.26 bits per heavy atom. The van der Waals surface area contributed by atoms with Crippen LogP contribution in [0.4, 0.5) is 22.2 Å². The molecule has 1 aliphatic carbocycles. The molecule has 4 amide bonds. The van der Waals surface area contributed by atoms with Crippen LogP contribution >= 0.6 is 0 Å². The van der Waals surface area contributed by atoms with Gasteiger partial charge in [0.15, 0.2) is 17.0 Å². The van der Waals surface area contributed by atoms with E-state index in [-0.39, 0.29) is 77.1 Å². The molecule has 1 fully saturated rings. The second-order valence-electron chi connectivity index (χ2n) is 12.3. The number of esters is 1. The standard InChI is InChI=1S/C33H35N9O11/c34-27-26-28(40-32(35)39-27)36-13-20(37-26)15-41(21-7-5-18(6-8-21)29(47)38-22(30(48)49)9-12-25(45)46)33(51)53-16-52-31(50)19-3-1-17(2-4-19)14-42-23(43)10-11-24(42)44/h5-8,10-11,13,17,19,22H,1-4,9,12,14-16H2,(H,38,47)(H,45,46)(H,48,49)(H4,34,35,36,39,40)/t17?,19?,22-/m0/s1. The molecule has 0 unspecified atom stereocenters. The lowest BCUT2D eigenvalue weighted by atomic mass is 9.82. The number of rotatable bonds is 14. The Balaban J connectivity index is 1.24. The van der Waals surface area contributed by atoms with E-state index in [9.17, 15) is 38.7 Å². The second kappa shape index (κ2) is 16.5. The summed E-state index contributed by atoms with van der Waals surface area (Å²) < 4.78 is 10.6. The van der Waals surface area contributed by atoms with Crippen molar-refractivity contribution in [2.24, 2.45) is 11.8 Å². The van der Waals surface area contributed by atoms with Gasteiger partial charge in [-0.15, -0.1) is 0 Å². The van der Waals surface area contributed by atoms with Gasteiger partial charge in [-0.1, -0.05) is 0 Å². The summed E-state index contributed by atoms with van der Waals surface area (Å²) in [6.45, 7) is -0.716. The minimum atomic E-state index is -1.45. The molecular formula is C33H35N9O11. The highest BCUT2D eigenvalue weighted by atomic mass is 16.7. The highest BCUT2D eigenvalue weighted by Crippen LogP contribution is 2.31. The molecule has 1 saturated carbocycles. The molecule has 5 rings (SSSR count). The van der Waals surface area contributed by atoms with Gasteiger partial charge < -0.3 is 36.5 Å². The average molecular weight is 734 g/mol. The molecule has 1 aromatic carbocycles. The molecule has 1 aliphatic heterocycles. The normalized spacial score (nSPS) is 17.3. The Bertz CT molecular complexity index is 1950. The van der Waals surface area contributed by atoms with Crippen LogP contribution in [-0.4, -0.2) is 96.2 Å². The Kier molecular flexibility index (Phi) is 11.7. The average Bonchev–Trinajstić information content (AvgIpc) is 3.44. The molecular weight excluding hydrogens is 698 g/mol. The van der Waals surface area contributed by atoms with Crippen LogP contribution in [0.25, 0.3) is 11.2 Å². The van der Waals surface area contributed by atoms with Crippen molar-refractivity contribution in [1.82, 2.24) is 30.2 Å². The zero-order chi connectivity index (χ0) is 38.2. The Morgan fingerprint density at radius 1 is 0.943 bits per heavy atom. The summed E-state index contributed by atoms with van der Waals surface area (Å²) in [6, 6.07) is 3.91. The van der Waals surface area contributed by atoms with E-state index in [1.54, 1.807) is 0 Å². The number of hydrogen-bond acceptors (Lipinski definition) is 15. The number of carboxylic acid groups (broad SMARTS) is 2. The number of carbonyl (C=O) groups is 7. The van der Waals surface area contributed by atoms with E-state index in [1.807, 2.05) is 0 Å². The first kappa shape index (κ1) is 37.5. The summed E-state index contributed by atoms with van der Waals surface area (Å²) >= 11 is 0. The van der Waals surface area contributed by atoms with Gasteiger partial charge in [-0.05, 0) is 62.3 Å². The second-order valence-corrected chi connectivity index (χ2v) is 12.3. The monoisotopic (exact) mass is 733 g/mol. The van der Waals surface area contributed by atoms with Gasteiger partial charge in [0.1, 0.15) is 6.04 Å². The molecule has 0 bridgehead atoms. The van der Waals surface area contributed by atoms with Crippen molar-refractivity contribution in [1.29, 1.82) is 0 Å². The number of amides is 4. The molecule has 0 spiro atoms. The number of carbonyl (C=O) groups excluding carboxylic acids is 5. The van der Waals surface area contributed by atoms with Crippen molar-refractivity contribution in [2.75, 3.05) is 29.7 Å². The van der Waals surface area contributed by atoms with E-state index in [0.717, 1.165) is 4.90 Å². The van der Waals surface area contributed by atoms with Crippen LogP contribution in [0.5, 0.6) is 0 Å². The van der Waals surface area contributed by atoms with Crippen molar-refractivity contribution in [3.63, 3.8) is 0 Å². The van der Waals surface area contributed by atoms with Gasteiger partial charge in [0.25, 0.3) is 17.7 Å². The minimum absolute atomic E-state index is 0.00981. The molecule has 3 heterocycles. The molecule has 0 saturated heterocycles. The van der Waals surface area contributed by atoms with E-state index in [2.05, 4.69) is 25.3 Å².